The van der Waals surface area contributed by atoms with Crippen molar-refractivity contribution in [2.75, 3.05) is 7.11 Å². The zero-order valence-electron chi connectivity index (χ0n) is 9.85. The predicted octanol–water partition coefficient (Wildman–Crippen LogP) is 3.01. The van der Waals surface area contributed by atoms with Gasteiger partial charge in [-0.15, -0.1) is 0 Å². The normalized spacial score (nSPS) is 10.3. The molecule has 0 aliphatic heterocycles. The number of carbonyl (C=O) groups is 1. The molecule has 0 aliphatic rings. The molecule has 0 radical (unpaired) electrons. The molecule has 0 saturated heterocycles. The van der Waals surface area contributed by atoms with Gasteiger partial charge in [0, 0.05) is 10.0 Å². The second-order valence-electron chi connectivity index (χ2n) is 3.77. The highest BCUT2D eigenvalue weighted by Gasteiger charge is 2.18. The molecule has 0 atom stereocenters. The molecule has 1 aromatic carbocycles. The molecule has 16 heavy (non-hydrogen) atoms. The molecule has 0 bridgehead atoms. The zero-order valence-corrected chi connectivity index (χ0v) is 11.4. The SMILES string of the molecule is COc1c(C)c(C)c(Br)c(C)c1CC(=O)O. The van der Waals surface area contributed by atoms with Crippen LogP contribution in [0.3, 0.4) is 0 Å². The Morgan fingerprint density at radius 1 is 1.25 bits per heavy atom. The molecule has 0 unspecified atom stereocenters. The van der Waals surface area contributed by atoms with E-state index in [1.165, 1.54) is 0 Å². The van der Waals surface area contributed by atoms with Crippen molar-refractivity contribution in [2.45, 2.75) is 27.2 Å². The monoisotopic (exact) mass is 286 g/mol. The maximum absolute atomic E-state index is 10.8. The molecule has 0 fully saturated rings. The third kappa shape index (κ3) is 2.21. The smallest absolute Gasteiger partial charge is 0.307 e. The summed E-state index contributed by atoms with van der Waals surface area (Å²) >= 11 is 3.49. The minimum absolute atomic E-state index is 0.0191. The van der Waals surface area contributed by atoms with Gasteiger partial charge in [-0.1, -0.05) is 15.9 Å². The lowest BCUT2D eigenvalue weighted by atomic mass is 9.97. The first kappa shape index (κ1) is 13.0. The molecular weight excluding hydrogens is 272 g/mol. The highest BCUT2D eigenvalue weighted by molar-refractivity contribution is 9.10. The molecule has 1 rings (SSSR count). The van der Waals surface area contributed by atoms with Crippen molar-refractivity contribution in [3.8, 4) is 5.75 Å². The van der Waals surface area contributed by atoms with Crippen LogP contribution in [0.2, 0.25) is 0 Å². The molecular formula is C12H15BrO3. The first-order chi connectivity index (χ1) is 7.40. The van der Waals surface area contributed by atoms with E-state index in [0.717, 1.165) is 26.7 Å². The Morgan fingerprint density at radius 3 is 2.25 bits per heavy atom. The fraction of sp³-hybridized carbons (Fsp3) is 0.417. The van der Waals surface area contributed by atoms with E-state index in [4.69, 9.17) is 9.84 Å². The number of carboxylic acids is 1. The van der Waals surface area contributed by atoms with E-state index in [0.29, 0.717) is 5.75 Å². The zero-order chi connectivity index (χ0) is 12.5. The van der Waals surface area contributed by atoms with Crippen LogP contribution in [0.1, 0.15) is 22.3 Å². The van der Waals surface area contributed by atoms with Crippen molar-refractivity contribution in [3.63, 3.8) is 0 Å². The number of hydrogen-bond donors (Lipinski definition) is 1. The van der Waals surface area contributed by atoms with Gasteiger partial charge in [0.25, 0.3) is 0 Å². The number of ether oxygens (including phenoxy) is 1. The van der Waals surface area contributed by atoms with Crippen LogP contribution in [-0.2, 0) is 11.2 Å². The molecule has 0 heterocycles. The summed E-state index contributed by atoms with van der Waals surface area (Å²) in [6, 6.07) is 0. The van der Waals surface area contributed by atoms with Gasteiger partial charge in [0.1, 0.15) is 5.75 Å². The van der Waals surface area contributed by atoms with Crippen LogP contribution in [-0.4, -0.2) is 18.2 Å². The summed E-state index contributed by atoms with van der Waals surface area (Å²) in [6.45, 7) is 5.82. The van der Waals surface area contributed by atoms with Crippen molar-refractivity contribution in [1.82, 2.24) is 0 Å². The van der Waals surface area contributed by atoms with Crippen LogP contribution < -0.4 is 4.74 Å². The fourth-order valence-corrected chi connectivity index (χ4v) is 2.32. The van der Waals surface area contributed by atoms with Crippen LogP contribution in [0.5, 0.6) is 5.75 Å². The highest BCUT2D eigenvalue weighted by atomic mass is 79.9. The summed E-state index contributed by atoms with van der Waals surface area (Å²) in [7, 11) is 1.57. The number of hydrogen-bond acceptors (Lipinski definition) is 2. The van der Waals surface area contributed by atoms with Crippen molar-refractivity contribution < 1.29 is 14.6 Å². The van der Waals surface area contributed by atoms with Gasteiger partial charge >= 0.3 is 5.97 Å². The minimum atomic E-state index is -0.850. The molecule has 0 saturated carbocycles. The standard InChI is InChI=1S/C12H15BrO3/c1-6-7(2)12(16-4)9(5-10(14)15)8(3)11(6)13/h5H2,1-4H3,(H,14,15). The van der Waals surface area contributed by atoms with Gasteiger partial charge in [0.2, 0.25) is 0 Å². The van der Waals surface area contributed by atoms with Gasteiger partial charge in [0.05, 0.1) is 13.5 Å². The van der Waals surface area contributed by atoms with Gasteiger partial charge in [-0.05, 0) is 37.5 Å². The molecule has 0 spiro atoms. The number of halogens is 1. The Hall–Kier alpha value is -1.03. The van der Waals surface area contributed by atoms with Gasteiger partial charge in [-0.3, -0.25) is 4.79 Å². The predicted molar refractivity (Wildman–Crippen MR) is 66.2 cm³/mol. The number of carboxylic acid groups (broad SMARTS) is 1. The third-order valence-corrected chi connectivity index (χ3v) is 4.01. The van der Waals surface area contributed by atoms with Crippen LogP contribution in [0, 0.1) is 20.8 Å². The average molecular weight is 287 g/mol. The Labute approximate surface area is 104 Å². The van der Waals surface area contributed by atoms with Crippen LogP contribution in [0.15, 0.2) is 4.47 Å². The molecule has 1 N–H and O–H groups in total. The van der Waals surface area contributed by atoms with Gasteiger partial charge in [-0.25, -0.2) is 0 Å². The number of rotatable bonds is 3. The van der Waals surface area contributed by atoms with Gasteiger partial charge < -0.3 is 9.84 Å². The Morgan fingerprint density at radius 2 is 1.81 bits per heavy atom. The van der Waals surface area contributed by atoms with Crippen molar-refractivity contribution in [2.24, 2.45) is 0 Å². The molecule has 1 aromatic rings. The summed E-state index contributed by atoms with van der Waals surface area (Å²) < 4.78 is 6.27. The molecule has 88 valence electrons. The van der Waals surface area contributed by atoms with E-state index in [1.54, 1.807) is 7.11 Å². The second kappa shape index (κ2) is 4.87. The van der Waals surface area contributed by atoms with Crippen LogP contribution in [0.4, 0.5) is 0 Å². The summed E-state index contributed by atoms with van der Waals surface area (Å²) in [4.78, 5) is 10.8. The topological polar surface area (TPSA) is 46.5 Å². The number of benzene rings is 1. The van der Waals surface area contributed by atoms with E-state index >= 15 is 0 Å². The third-order valence-electron chi connectivity index (χ3n) is 2.82. The van der Waals surface area contributed by atoms with Crippen molar-refractivity contribution >= 4 is 21.9 Å². The van der Waals surface area contributed by atoms with E-state index in [-0.39, 0.29) is 6.42 Å². The maximum atomic E-state index is 10.8. The van der Waals surface area contributed by atoms with Crippen LogP contribution >= 0.6 is 15.9 Å². The van der Waals surface area contributed by atoms with Crippen LogP contribution in [0.25, 0.3) is 0 Å². The molecule has 3 nitrogen and oxygen atoms in total. The second-order valence-corrected chi connectivity index (χ2v) is 4.56. The van der Waals surface area contributed by atoms with E-state index in [1.807, 2.05) is 20.8 Å². The van der Waals surface area contributed by atoms with E-state index in [9.17, 15) is 4.79 Å². The summed E-state index contributed by atoms with van der Waals surface area (Å²) in [5.74, 6) is -0.169. The maximum Gasteiger partial charge on any atom is 0.307 e. The molecule has 0 aliphatic carbocycles. The van der Waals surface area contributed by atoms with E-state index in [2.05, 4.69) is 15.9 Å². The minimum Gasteiger partial charge on any atom is -0.496 e. The summed E-state index contributed by atoms with van der Waals surface area (Å²) in [6.07, 6.45) is -0.0191. The fourth-order valence-electron chi connectivity index (χ4n) is 1.79. The quantitative estimate of drug-likeness (QED) is 0.929. The molecule has 0 amide bonds. The Balaban J connectivity index is 3.50. The lowest BCUT2D eigenvalue weighted by Crippen LogP contribution is -2.07. The summed E-state index contributed by atoms with van der Waals surface area (Å²) in [5.41, 5.74) is 3.74. The van der Waals surface area contributed by atoms with Gasteiger partial charge in [0.15, 0.2) is 0 Å². The van der Waals surface area contributed by atoms with E-state index < -0.39 is 5.97 Å². The highest BCUT2D eigenvalue weighted by Crippen LogP contribution is 2.36. The first-order valence-corrected chi connectivity index (χ1v) is 5.73. The first-order valence-electron chi connectivity index (χ1n) is 4.94. The Bertz CT molecular complexity index is 439. The summed E-state index contributed by atoms with van der Waals surface area (Å²) in [5, 5.41) is 8.89. The molecule has 4 heteroatoms. The lowest BCUT2D eigenvalue weighted by molar-refractivity contribution is -0.136. The Kier molecular flexibility index (Phi) is 3.97. The molecule has 0 aromatic heterocycles. The number of methoxy groups -OCH3 is 1. The van der Waals surface area contributed by atoms with Crippen molar-refractivity contribution in [1.29, 1.82) is 0 Å². The number of aliphatic carboxylic acids is 1. The average Bonchev–Trinajstić information content (AvgIpc) is 2.23. The lowest BCUT2D eigenvalue weighted by Gasteiger charge is -2.17. The van der Waals surface area contributed by atoms with Gasteiger partial charge in [-0.2, -0.15) is 0 Å². The van der Waals surface area contributed by atoms with Crippen molar-refractivity contribution in [3.05, 3.63) is 26.7 Å². The largest absolute Gasteiger partial charge is 0.496 e.